The van der Waals surface area contributed by atoms with Crippen LogP contribution in [0.5, 0.6) is 0 Å². The zero-order chi connectivity index (χ0) is 20.9. The van der Waals surface area contributed by atoms with E-state index in [4.69, 9.17) is 4.74 Å². The van der Waals surface area contributed by atoms with Crippen molar-refractivity contribution in [3.63, 3.8) is 0 Å². The van der Waals surface area contributed by atoms with Crippen LogP contribution in [0.1, 0.15) is 69.9 Å². The Morgan fingerprint density at radius 1 is 1.19 bits per heavy atom. The van der Waals surface area contributed by atoms with Crippen molar-refractivity contribution in [3.05, 3.63) is 49.7 Å². The lowest BCUT2D eigenvalue weighted by atomic mass is 9.80. The number of anilines is 1. The first kappa shape index (κ1) is 19.3. The van der Waals surface area contributed by atoms with E-state index in [1.165, 1.54) is 32.9 Å². The molecule has 3 heterocycles. The number of carbonyl (C=O) groups is 1. The number of benzene rings is 1. The molecule has 3 unspecified atom stereocenters. The molecule has 2 N–H and O–H groups in total. The van der Waals surface area contributed by atoms with Crippen LogP contribution in [-0.4, -0.2) is 30.1 Å². The van der Waals surface area contributed by atoms with Crippen molar-refractivity contribution in [1.82, 2.24) is 0 Å². The largest absolute Gasteiger partial charge is 0.478 e. The van der Waals surface area contributed by atoms with Crippen molar-refractivity contribution in [2.45, 2.75) is 57.1 Å². The number of carboxylic acid groups (broad SMARTS) is 1. The fraction of sp³-hybridized carbons (Fsp3) is 0.440. The summed E-state index contributed by atoms with van der Waals surface area (Å²) in [7, 11) is 0. The van der Waals surface area contributed by atoms with Gasteiger partial charge in [-0.1, -0.05) is 12.1 Å². The maximum Gasteiger partial charge on any atom is 0.339 e. The molecule has 3 atom stereocenters. The molecule has 4 aliphatic carbocycles. The van der Waals surface area contributed by atoms with Crippen LogP contribution in [0.2, 0.25) is 0 Å². The van der Waals surface area contributed by atoms with Crippen LogP contribution in [0.3, 0.4) is 0 Å². The number of carboxylic acids is 1. The van der Waals surface area contributed by atoms with Gasteiger partial charge in [0.2, 0.25) is 0 Å². The average Bonchev–Trinajstić information content (AvgIpc) is 3.20. The highest BCUT2D eigenvalue weighted by Gasteiger charge is 2.33. The fourth-order valence-electron chi connectivity index (χ4n) is 5.69. The second kappa shape index (κ2) is 7.61. The van der Waals surface area contributed by atoms with Gasteiger partial charge in [-0.25, -0.2) is 4.79 Å². The van der Waals surface area contributed by atoms with Gasteiger partial charge in [0, 0.05) is 19.0 Å². The van der Waals surface area contributed by atoms with Gasteiger partial charge in [0.15, 0.2) is 0 Å². The summed E-state index contributed by atoms with van der Waals surface area (Å²) in [6.07, 6.45) is 13.1. The van der Waals surface area contributed by atoms with Crippen LogP contribution in [-0.2, 0) is 17.6 Å². The maximum absolute atomic E-state index is 12.5. The van der Waals surface area contributed by atoms with Crippen LogP contribution in [0.25, 0.3) is 12.3 Å². The number of aromatic carboxylic acids is 1. The molecule has 1 saturated heterocycles. The number of ether oxygens (including phenoxy) is 1. The molecule has 1 aromatic carbocycles. The zero-order valence-electron chi connectivity index (χ0n) is 17.4. The molecule has 31 heavy (non-hydrogen) atoms. The number of rotatable bonds is 3. The summed E-state index contributed by atoms with van der Waals surface area (Å²) in [5.41, 5.74) is 4.06. The van der Waals surface area contributed by atoms with Gasteiger partial charge < -0.3 is 15.2 Å². The SMILES string of the molecule is O=C(O)c1c(NC2CCCCO2)sc2c1C1Cc3cc4c(c/c3=C/N=C2)CC(CC=4)C1. The third kappa shape index (κ3) is 3.42. The Kier molecular flexibility index (Phi) is 4.73. The predicted octanol–water partition coefficient (Wildman–Crippen LogP) is 3.63. The summed E-state index contributed by atoms with van der Waals surface area (Å²) in [5.74, 6) is -0.139. The lowest BCUT2D eigenvalue weighted by Gasteiger charge is -2.25. The normalized spacial score (nSPS) is 27.0. The molecular formula is C25H26N2O3S. The average molecular weight is 435 g/mol. The Balaban J connectivity index is 1.50. The van der Waals surface area contributed by atoms with Crippen LogP contribution in [0, 0.1) is 5.92 Å². The summed E-state index contributed by atoms with van der Waals surface area (Å²) >= 11 is 1.51. The van der Waals surface area contributed by atoms with Gasteiger partial charge >= 0.3 is 5.97 Å². The molecular weight excluding hydrogens is 408 g/mol. The molecule has 6 aliphatic rings. The smallest absolute Gasteiger partial charge is 0.339 e. The second-order valence-corrected chi connectivity index (χ2v) is 10.2. The molecule has 0 spiro atoms. The number of fused-ring (bicyclic) bond motifs is 2. The summed E-state index contributed by atoms with van der Waals surface area (Å²) in [4.78, 5) is 18.1. The van der Waals surface area contributed by atoms with E-state index in [9.17, 15) is 9.90 Å². The monoisotopic (exact) mass is 434 g/mol. The van der Waals surface area contributed by atoms with Crippen LogP contribution in [0.4, 0.5) is 5.00 Å². The van der Waals surface area contributed by atoms with Crippen molar-refractivity contribution >= 4 is 40.8 Å². The van der Waals surface area contributed by atoms with Crippen molar-refractivity contribution in [2.24, 2.45) is 10.9 Å². The van der Waals surface area contributed by atoms with Gasteiger partial charge in [0.1, 0.15) is 11.2 Å². The van der Waals surface area contributed by atoms with Gasteiger partial charge in [-0.05, 0) is 90.0 Å². The molecule has 0 radical (unpaired) electrons. The van der Waals surface area contributed by atoms with Gasteiger partial charge in [0.25, 0.3) is 0 Å². The molecule has 2 aromatic rings. The fourth-order valence-corrected chi connectivity index (χ4v) is 6.89. The van der Waals surface area contributed by atoms with Crippen LogP contribution in [0.15, 0.2) is 17.1 Å². The molecule has 2 aliphatic heterocycles. The number of nitrogens with one attached hydrogen (secondary N) is 1. The van der Waals surface area contributed by atoms with Gasteiger partial charge in [-0.15, -0.1) is 11.3 Å². The highest BCUT2D eigenvalue weighted by molar-refractivity contribution is 7.18. The molecule has 6 heteroatoms. The summed E-state index contributed by atoms with van der Waals surface area (Å²) in [5, 5.41) is 16.9. The van der Waals surface area contributed by atoms with Crippen LogP contribution < -0.4 is 15.8 Å². The maximum atomic E-state index is 12.5. The number of aliphatic imine (C=N–C) groups is 1. The molecule has 5 nitrogen and oxygen atoms in total. The number of hydrogen-bond donors (Lipinski definition) is 2. The Labute approximate surface area is 185 Å². The van der Waals surface area contributed by atoms with E-state index in [1.807, 2.05) is 12.4 Å². The first-order chi connectivity index (χ1) is 15.2. The van der Waals surface area contributed by atoms with E-state index in [1.54, 1.807) is 0 Å². The van der Waals surface area contributed by atoms with E-state index in [-0.39, 0.29) is 12.1 Å². The van der Waals surface area contributed by atoms with Crippen LogP contribution >= 0.6 is 11.3 Å². The van der Waals surface area contributed by atoms with E-state index < -0.39 is 5.97 Å². The van der Waals surface area contributed by atoms with Crippen molar-refractivity contribution in [1.29, 1.82) is 0 Å². The lowest BCUT2D eigenvalue weighted by Crippen LogP contribution is -2.27. The number of nitrogens with zero attached hydrogens (tertiary/aromatic N) is 1. The first-order valence-corrected chi connectivity index (χ1v) is 12.1. The Bertz CT molecular complexity index is 1210. The van der Waals surface area contributed by atoms with Gasteiger partial charge in [-0.2, -0.15) is 0 Å². The molecule has 1 fully saturated rings. The van der Waals surface area contributed by atoms with E-state index in [0.29, 0.717) is 16.5 Å². The van der Waals surface area contributed by atoms with E-state index >= 15 is 0 Å². The minimum Gasteiger partial charge on any atom is -0.478 e. The zero-order valence-corrected chi connectivity index (χ0v) is 18.2. The van der Waals surface area contributed by atoms with Gasteiger partial charge in [-0.3, -0.25) is 4.99 Å². The molecule has 1 aromatic heterocycles. The van der Waals surface area contributed by atoms with Crippen molar-refractivity contribution in [3.8, 4) is 0 Å². The third-order valence-corrected chi connectivity index (χ3v) is 8.21. The first-order valence-electron chi connectivity index (χ1n) is 11.3. The van der Waals surface area contributed by atoms with E-state index in [2.05, 4.69) is 28.5 Å². The quantitative estimate of drug-likeness (QED) is 0.774. The number of hydrogen-bond acceptors (Lipinski definition) is 5. The lowest BCUT2D eigenvalue weighted by molar-refractivity contribution is 0.0344. The third-order valence-electron chi connectivity index (χ3n) is 7.14. The highest BCUT2D eigenvalue weighted by atomic mass is 32.1. The molecule has 160 valence electrons. The Morgan fingerprint density at radius 3 is 2.90 bits per heavy atom. The minimum absolute atomic E-state index is 0.117. The summed E-state index contributed by atoms with van der Waals surface area (Å²) in [6.45, 7) is 0.726. The Hall–Kier alpha value is -2.44. The summed E-state index contributed by atoms with van der Waals surface area (Å²) in [6, 6.07) is 4.62. The second-order valence-electron chi connectivity index (χ2n) is 9.19. The molecule has 8 rings (SSSR count). The van der Waals surface area contributed by atoms with Gasteiger partial charge in [0.05, 0.1) is 10.4 Å². The Morgan fingerprint density at radius 2 is 2.06 bits per heavy atom. The van der Waals surface area contributed by atoms with Crippen molar-refractivity contribution < 1.29 is 14.6 Å². The standard InChI is InChI=1S/C25H26N2O3S/c28-25(29)23-22-18-8-14-4-5-15-9-17(10-18)19(11-16(15)7-14)12-26-13-20(22)31-24(23)27-21-3-1-2-6-30-21/h5,9,11-14,18,21,27H,1-4,6-8,10H2,(H,28,29)/b19-12-,26-13?. The summed E-state index contributed by atoms with van der Waals surface area (Å²) < 4.78 is 5.85. The molecule has 6 bridgehead atoms. The highest BCUT2D eigenvalue weighted by Crippen LogP contribution is 2.43. The minimum atomic E-state index is -0.860. The van der Waals surface area contributed by atoms with E-state index in [0.717, 1.165) is 62.0 Å². The molecule has 0 amide bonds. The molecule has 0 saturated carbocycles. The topological polar surface area (TPSA) is 70.9 Å². The predicted molar refractivity (Wildman–Crippen MR) is 124 cm³/mol. The van der Waals surface area contributed by atoms with Crippen molar-refractivity contribution in [2.75, 3.05) is 11.9 Å². The number of thiophene rings is 1.